The van der Waals surface area contributed by atoms with Gasteiger partial charge in [0, 0.05) is 25.3 Å². The number of hydrogen-bond donors (Lipinski definition) is 2. The summed E-state index contributed by atoms with van der Waals surface area (Å²) in [4.78, 5) is 26.4. The molecule has 0 radical (unpaired) electrons. The van der Waals surface area contributed by atoms with E-state index in [4.69, 9.17) is 9.47 Å². The second-order valence-corrected chi connectivity index (χ2v) is 5.79. The van der Waals surface area contributed by atoms with Gasteiger partial charge in [0.2, 0.25) is 0 Å². The number of imidazole rings is 1. The predicted octanol–water partition coefficient (Wildman–Crippen LogP) is 2.42. The summed E-state index contributed by atoms with van der Waals surface area (Å²) in [5, 5.41) is 3.31. The minimum atomic E-state index is -0.455. The number of aryl methyl sites for hydroxylation is 1. The van der Waals surface area contributed by atoms with Crippen LogP contribution < -0.4 is 15.7 Å². The molecular formula is C19H21N3O4. The number of benzene rings is 2. The molecule has 1 heterocycles. The molecule has 7 nitrogen and oxygen atoms in total. The van der Waals surface area contributed by atoms with E-state index in [9.17, 15) is 9.59 Å². The molecule has 3 aromatic rings. The topological polar surface area (TPSA) is 85.3 Å². The Kier molecular flexibility index (Phi) is 5.26. The highest BCUT2D eigenvalue weighted by Crippen LogP contribution is 2.28. The molecule has 7 heteroatoms. The number of ether oxygens (including phenoxy) is 2. The van der Waals surface area contributed by atoms with Crippen LogP contribution in [0.25, 0.3) is 11.0 Å². The number of nitrogens with zero attached hydrogens (tertiary/aromatic N) is 1. The first-order valence-corrected chi connectivity index (χ1v) is 8.37. The molecule has 2 aromatic carbocycles. The van der Waals surface area contributed by atoms with E-state index >= 15 is 0 Å². The normalized spacial score (nSPS) is 10.7. The van der Waals surface area contributed by atoms with Crippen LogP contribution in [0, 0.1) is 0 Å². The van der Waals surface area contributed by atoms with Gasteiger partial charge in [0.15, 0.2) is 6.61 Å². The number of carbonyl (C=O) groups excluding carboxylic acids is 1. The second kappa shape index (κ2) is 7.77. The summed E-state index contributed by atoms with van der Waals surface area (Å²) in [7, 11) is 1.65. The van der Waals surface area contributed by atoms with Crippen LogP contribution in [0.1, 0.15) is 12.5 Å². The fourth-order valence-corrected chi connectivity index (χ4v) is 2.70. The highest BCUT2D eigenvalue weighted by Gasteiger charge is 2.14. The van der Waals surface area contributed by atoms with Crippen molar-refractivity contribution in [1.29, 1.82) is 0 Å². The summed E-state index contributed by atoms with van der Waals surface area (Å²) >= 11 is 0. The number of esters is 1. The largest absolute Gasteiger partial charge is 0.480 e. The predicted molar refractivity (Wildman–Crippen MR) is 99.4 cm³/mol. The number of H-pyrrole nitrogens is 1. The SMILES string of the molecule is CCOC(=O)COc1cc(NCc2ccccc2)cc2[nH]c(=O)n(C)c12. The maximum Gasteiger partial charge on any atom is 0.344 e. The van der Waals surface area contributed by atoms with Gasteiger partial charge in [0.25, 0.3) is 0 Å². The van der Waals surface area contributed by atoms with Crippen LogP contribution in [-0.2, 0) is 23.1 Å². The Bertz CT molecular complexity index is 960. The van der Waals surface area contributed by atoms with E-state index in [1.54, 1.807) is 20.0 Å². The van der Waals surface area contributed by atoms with Crippen LogP contribution in [0.4, 0.5) is 5.69 Å². The zero-order valence-corrected chi connectivity index (χ0v) is 14.7. The Morgan fingerprint density at radius 2 is 2.00 bits per heavy atom. The quantitative estimate of drug-likeness (QED) is 0.636. The summed E-state index contributed by atoms with van der Waals surface area (Å²) < 4.78 is 12.0. The molecule has 0 amide bonds. The van der Waals surface area contributed by atoms with Gasteiger partial charge in [-0.2, -0.15) is 0 Å². The van der Waals surface area contributed by atoms with Gasteiger partial charge < -0.3 is 19.8 Å². The fourth-order valence-electron chi connectivity index (χ4n) is 2.70. The van der Waals surface area contributed by atoms with Gasteiger partial charge in [-0.15, -0.1) is 0 Å². The Labute approximate surface area is 150 Å². The molecule has 0 saturated heterocycles. The number of anilines is 1. The third kappa shape index (κ3) is 3.88. The fraction of sp³-hybridized carbons (Fsp3) is 0.263. The van der Waals surface area contributed by atoms with E-state index in [-0.39, 0.29) is 12.3 Å². The number of nitrogens with one attached hydrogen (secondary N) is 2. The lowest BCUT2D eigenvalue weighted by Crippen LogP contribution is -2.16. The maximum atomic E-state index is 12.0. The van der Waals surface area contributed by atoms with Crippen molar-refractivity contribution < 1.29 is 14.3 Å². The van der Waals surface area contributed by atoms with Crippen molar-refractivity contribution in [3.8, 4) is 5.75 Å². The monoisotopic (exact) mass is 355 g/mol. The van der Waals surface area contributed by atoms with E-state index in [0.29, 0.717) is 29.9 Å². The molecule has 2 N–H and O–H groups in total. The van der Waals surface area contributed by atoms with Gasteiger partial charge in [-0.25, -0.2) is 9.59 Å². The minimum absolute atomic E-state index is 0.218. The van der Waals surface area contributed by atoms with Crippen molar-refractivity contribution in [2.24, 2.45) is 7.05 Å². The van der Waals surface area contributed by atoms with Gasteiger partial charge >= 0.3 is 11.7 Å². The molecule has 3 rings (SSSR count). The van der Waals surface area contributed by atoms with Crippen LogP contribution in [0.5, 0.6) is 5.75 Å². The smallest absolute Gasteiger partial charge is 0.344 e. The summed E-state index contributed by atoms with van der Waals surface area (Å²) in [6.45, 7) is 2.43. The van der Waals surface area contributed by atoms with Crippen molar-refractivity contribution >= 4 is 22.7 Å². The van der Waals surface area contributed by atoms with Gasteiger partial charge in [-0.1, -0.05) is 30.3 Å². The standard InChI is InChI=1S/C19H21N3O4/c1-3-25-17(23)12-26-16-10-14(20-11-13-7-5-4-6-8-13)9-15-18(16)22(2)19(24)21-15/h4-10,20H,3,11-12H2,1-2H3,(H,21,24). The van der Waals surface area contributed by atoms with E-state index in [1.165, 1.54) is 4.57 Å². The van der Waals surface area contributed by atoms with E-state index in [2.05, 4.69) is 10.3 Å². The summed E-state index contributed by atoms with van der Waals surface area (Å²) in [6.07, 6.45) is 0. The zero-order valence-electron chi connectivity index (χ0n) is 14.7. The maximum absolute atomic E-state index is 12.0. The Morgan fingerprint density at radius 1 is 1.23 bits per heavy atom. The minimum Gasteiger partial charge on any atom is -0.480 e. The molecule has 26 heavy (non-hydrogen) atoms. The Balaban J connectivity index is 1.87. The summed E-state index contributed by atoms with van der Waals surface area (Å²) in [5.41, 5.74) is 2.89. The van der Waals surface area contributed by atoms with Crippen molar-refractivity contribution in [3.63, 3.8) is 0 Å². The van der Waals surface area contributed by atoms with Crippen LogP contribution in [0.15, 0.2) is 47.3 Å². The molecule has 0 aliphatic carbocycles. The molecule has 1 aromatic heterocycles. The third-order valence-corrected chi connectivity index (χ3v) is 3.95. The Morgan fingerprint density at radius 3 is 2.73 bits per heavy atom. The van der Waals surface area contributed by atoms with Gasteiger partial charge in [-0.05, 0) is 18.6 Å². The Hall–Kier alpha value is -3.22. The van der Waals surface area contributed by atoms with Crippen molar-refractivity contribution in [1.82, 2.24) is 9.55 Å². The first-order chi connectivity index (χ1) is 12.6. The van der Waals surface area contributed by atoms with Crippen molar-refractivity contribution in [3.05, 3.63) is 58.5 Å². The third-order valence-electron chi connectivity index (χ3n) is 3.95. The first kappa shape index (κ1) is 17.6. The molecule has 136 valence electrons. The number of fused-ring (bicyclic) bond motifs is 1. The van der Waals surface area contributed by atoms with E-state index < -0.39 is 5.97 Å². The van der Waals surface area contributed by atoms with Gasteiger partial charge in [0.1, 0.15) is 11.3 Å². The molecule has 0 aliphatic rings. The number of aromatic nitrogens is 2. The van der Waals surface area contributed by atoms with Crippen LogP contribution in [0.2, 0.25) is 0 Å². The molecule has 0 atom stereocenters. The highest BCUT2D eigenvalue weighted by atomic mass is 16.6. The highest BCUT2D eigenvalue weighted by molar-refractivity contribution is 5.86. The van der Waals surface area contributed by atoms with Crippen LogP contribution in [-0.4, -0.2) is 28.7 Å². The average molecular weight is 355 g/mol. The molecule has 0 fully saturated rings. The lowest BCUT2D eigenvalue weighted by atomic mass is 10.2. The van der Waals surface area contributed by atoms with Crippen molar-refractivity contribution in [2.45, 2.75) is 13.5 Å². The lowest BCUT2D eigenvalue weighted by molar-refractivity contribution is -0.145. The number of rotatable bonds is 7. The summed E-state index contributed by atoms with van der Waals surface area (Å²) in [6, 6.07) is 13.6. The molecule has 0 saturated carbocycles. The average Bonchev–Trinajstić information content (AvgIpc) is 2.93. The van der Waals surface area contributed by atoms with E-state index in [1.807, 2.05) is 36.4 Å². The number of carbonyl (C=O) groups is 1. The van der Waals surface area contributed by atoms with Gasteiger partial charge in [-0.3, -0.25) is 4.57 Å². The molecule has 0 aliphatic heterocycles. The zero-order chi connectivity index (χ0) is 18.5. The van der Waals surface area contributed by atoms with Crippen LogP contribution >= 0.6 is 0 Å². The second-order valence-electron chi connectivity index (χ2n) is 5.79. The van der Waals surface area contributed by atoms with Crippen molar-refractivity contribution in [2.75, 3.05) is 18.5 Å². The van der Waals surface area contributed by atoms with Gasteiger partial charge in [0.05, 0.1) is 12.1 Å². The van der Waals surface area contributed by atoms with Crippen LogP contribution in [0.3, 0.4) is 0 Å². The molecule has 0 spiro atoms. The lowest BCUT2D eigenvalue weighted by Gasteiger charge is -2.12. The molecular weight excluding hydrogens is 334 g/mol. The number of hydrogen-bond acceptors (Lipinski definition) is 5. The van der Waals surface area contributed by atoms with E-state index in [0.717, 1.165) is 11.3 Å². The first-order valence-electron chi connectivity index (χ1n) is 8.37. The molecule has 0 unspecified atom stereocenters. The molecule has 0 bridgehead atoms. The number of aromatic amines is 1. The summed E-state index contributed by atoms with van der Waals surface area (Å²) in [5.74, 6) is -0.0178.